The molecule has 0 unspecified atom stereocenters. The summed E-state index contributed by atoms with van der Waals surface area (Å²) in [5, 5.41) is 0. The van der Waals surface area contributed by atoms with Gasteiger partial charge in [-0.3, -0.25) is 19.0 Å². The van der Waals surface area contributed by atoms with Crippen molar-refractivity contribution >= 4 is 11.8 Å². The number of hydrogen-bond acceptors (Lipinski definition) is 3. The second kappa shape index (κ2) is 5.15. The molecule has 2 rings (SSSR count). The zero-order chi connectivity index (χ0) is 16.8. The first-order valence-electron chi connectivity index (χ1n) is 6.43. The monoisotopic (exact) mass is 317 g/mol. The van der Waals surface area contributed by atoms with E-state index in [9.17, 15) is 27.6 Å². The van der Waals surface area contributed by atoms with Gasteiger partial charge in [0, 0.05) is 19.2 Å². The van der Waals surface area contributed by atoms with Crippen LogP contribution in [0.3, 0.4) is 0 Å². The molecule has 9 heteroatoms. The Morgan fingerprint density at radius 3 is 2.41 bits per heavy atom. The Hall–Kier alpha value is -2.32. The smallest absolute Gasteiger partial charge is 0.364 e. The van der Waals surface area contributed by atoms with Gasteiger partial charge in [-0.1, -0.05) is 0 Å². The molecule has 0 saturated heterocycles. The number of halogens is 3. The predicted octanol–water partition coefficient (Wildman–Crippen LogP) is 0.446. The molecule has 1 aromatic heterocycles. The molecule has 22 heavy (non-hydrogen) atoms. The van der Waals surface area contributed by atoms with E-state index in [2.05, 4.69) is 0 Å². The molecule has 0 saturated carbocycles. The van der Waals surface area contributed by atoms with Crippen LogP contribution in [0.5, 0.6) is 0 Å². The van der Waals surface area contributed by atoms with E-state index in [1.165, 1.54) is 18.9 Å². The number of nitrogens with zero attached hydrogens (tertiary/aromatic N) is 2. The summed E-state index contributed by atoms with van der Waals surface area (Å²) in [5.41, 5.74) is 3.57. The zero-order valence-electron chi connectivity index (χ0n) is 12.0. The highest BCUT2D eigenvalue weighted by molar-refractivity contribution is 6.02. The van der Waals surface area contributed by atoms with E-state index in [4.69, 9.17) is 5.73 Å². The van der Waals surface area contributed by atoms with Gasteiger partial charge in [-0.25, -0.2) is 0 Å². The Morgan fingerprint density at radius 1 is 1.32 bits per heavy atom. The van der Waals surface area contributed by atoms with Crippen LogP contribution in [0, 0.1) is 6.92 Å². The maximum atomic E-state index is 12.7. The third-order valence-corrected chi connectivity index (χ3v) is 3.63. The summed E-state index contributed by atoms with van der Waals surface area (Å²) in [6, 6.07) is 0. The summed E-state index contributed by atoms with van der Waals surface area (Å²) >= 11 is 0. The van der Waals surface area contributed by atoms with Gasteiger partial charge in [0.25, 0.3) is 17.4 Å². The number of fused-ring (bicyclic) bond motifs is 1. The van der Waals surface area contributed by atoms with Gasteiger partial charge in [0.15, 0.2) is 0 Å². The Balaban J connectivity index is 2.84. The Morgan fingerprint density at radius 2 is 1.91 bits per heavy atom. The van der Waals surface area contributed by atoms with Crippen LogP contribution >= 0.6 is 0 Å². The summed E-state index contributed by atoms with van der Waals surface area (Å²) in [5.74, 6) is -1.66. The molecule has 0 aliphatic carbocycles. The van der Waals surface area contributed by atoms with E-state index < -0.39 is 35.8 Å². The molecular formula is C13H14F3N3O3. The molecule has 0 atom stereocenters. The van der Waals surface area contributed by atoms with Crippen molar-refractivity contribution in [2.45, 2.75) is 26.1 Å². The van der Waals surface area contributed by atoms with E-state index in [1.807, 2.05) is 0 Å². The third-order valence-electron chi connectivity index (χ3n) is 3.63. The maximum Gasteiger partial charge on any atom is 0.406 e. The summed E-state index contributed by atoms with van der Waals surface area (Å²) in [6.45, 7) is -0.117. The van der Waals surface area contributed by atoms with Gasteiger partial charge in [0.2, 0.25) is 0 Å². The maximum absolute atomic E-state index is 12.7. The van der Waals surface area contributed by atoms with Gasteiger partial charge in [0.1, 0.15) is 12.2 Å². The Labute approximate surface area is 123 Å². The number of carbonyl (C=O) groups excluding carboxylic acids is 2. The fourth-order valence-electron chi connectivity index (χ4n) is 2.64. The van der Waals surface area contributed by atoms with E-state index in [1.54, 1.807) is 0 Å². The standard InChI is InChI=1S/C13H14F3N3O3/c1-6-8-7(3-4-18(2)12(8)22)9(10(17)20)19(11(6)21)5-13(14,15)16/h3-5H2,1-2H3,(H2,17,20). The third kappa shape index (κ3) is 2.58. The van der Waals surface area contributed by atoms with Crippen molar-refractivity contribution in [2.24, 2.45) is 5.73 Å². The van der Waals surface area contributed by atoms with Crippen LogP contribution in [-0.2, 0) is 13.0 Å². The number of alkyl halides is 3. The van der Waals surface area contributed by atoms with Gasteiger partial charge < -0.3 is 10.6 Å². The molecule has 0 radical (unpaired) electrons. The summed E-state index contributed by atoms with van der Waals surface area (Å²) in [4.78, 5) is 37.3. The number of likely N-dealkylation sites (N-methyl/N-ethyl adjacent to an activating group) is 1. The van der Waals surface area contributed by atoms with E-state index in [0.717, 1.165) is 0 Å². The van der Waals surface area contributed by atoms with Crippen molar-refractivity contribution in [3.8, 4) is 0 Å². The molecule has 2 N–H and O–H groups in total. The van der Waals surface area contributed by atoms with Crippen molar-refractivity contribution in [1.82, 2.24) is 9.47 Å². The number of carbonyl (C=O) groups is 2. The highest BCUT2D eigenvalue weighted by atomic mass is 19.4. The Kier molecular flexibility index (Phi) is 3.76. The molecule has 0 aromatic carbocycles. The van der Waals surface area contributed by atoms with Gasteiger partial charge >= 0.3 is 6.18 Å². The average Bonchev–Trinajstić information content (AvgIpc) is 2.37. The highest BCUT2D eigenvalue weighted by Crippen LogP contribution is 2.25. The van der Waals surface area contributed by atoms with Gasteiger partial charge in [-0.05, 0) is 18.9 Å². The number of primary amides is 1. The van der Waals surface area contributed by atoms with Gasteiger partial charge in [0.05, 0.1) is 5.56 Å². The van der Waals surface area contributed by atoms with Crippen molar-refractivity contribution in [2.75, 3.05) is 13.6 Å². The predicted molar refractivity (Wildman–Crippen MR) is 70.7 cm³/mol. The number of aromatic nitrogens is 1. The van der Waals surface area contributed by atoms with E-state index in [0.29, 0.717) is 4.57 Å². The molecule has 2 amide bonds. The van der Waals surface area contributed by atoms with Crippen LogP contribution in [0.2, 0.25) is 0 Å². The fraction of sp³-hybridized carbons (Fsp3) is 0.462. The second-order valence-electron chi connectivity index (χ2n) is 5.17. The molecule has 6 nitrogen and oxygen atoms in total. The minimum atomic E-state index is -4.69. The normalized spacial score (nSPS) is 15.0. The van der Waals surface area contributed by atoms with Crippen LogP contribution in [-0.4, -0.2) is 41.1 Å². The molecule has 1 aliphatic rings. The first-order valence-corrected chi connectivity index (χ1v) is 6.43. The molecule has 1 aliphatic heterocycles. The topological polar surface area (TPSA) is 85.4 Å². The number of hydrogen-bond donors (Lipinski definition) is 1. The van der Waals surface area contributed by atoms with Crippen molar-refractivity contribution in [1.29, 1.82) is 0 Å². The fourth-order valence-corrected chi connectivity index (χ4v) is 2.64. The van der Waals surface area contributed by atoms with Crippen LogP contribution in [0.25, 0.3) is 0 Å². The van der Waals surface area contributed by atoms with Crippen LogP contribution < -0.4 is 11.3 Å². The second-order valence-corrected chi connectivity index (χ2v) is 5.17. The lowest BCUT2D eigenvalue weighted by Crippen LogP contribution is -2.43. The minimum Gasteiger partial charge on any atom is -0.364 e. The molecule has 2 heterocycles. The molecule has 0 fully saturated rings. The minimum absolute atomic E-state index is 0.0222. The zero-order valence-corrected chi connectivity index (χ0v) is 12.0. The van der Waals surface area contributed by atoms with Crippen LogP contribution in [0.15, 0.2) is 4.79 Å². The quantitative estimate of drug-likeness (QED) is 0.859. The number of amides is 2. The van der Waals surface area contributed by atoms with Gasteiger partial charge in [-0.15, -0.1) is 0 Å². The lowest BCUT2D eigenvalue weighted by Gasteiger charge is -2.28. The molecule has 0 spiro atoms. The first kappa shape index (κ1) is 16.1. The van der Waals surface area contributed by atoms with E-state index >= 15 is 0 Å². The van der Waals surface area contributed by atoms with Crippen molar-refractivity contribution < 1.29 is 22.8 Å². The lowest BCUT2D eigenvalue weighted by atomic mass is 9.93. The van der Waals surface area contributed by atoms with Crippen LogP contribution in [0.4, 0.5) is 13.2 Å². The van der Waals surface area contributed by atoms with Crippen molar-refractivity contribution in [3.05, 3.63) is 32.7 Å². The molecular weight excluding hydrogens is 303 g/mol. The average molecular weight is 317 g/mol. The Bertz CT molecular complexity index is 722. The number of nitrogens with two attached hydrogens (primary N) is 1. The summed E-state index contributed by atoms with van der Waals surface area (Å²) in [7, 11) is 1.51. The summed E-state index contributed by atoms with van der Waals surface area (Å²) < 4.78 is 38.4. The SMILES string of the molecule is Cc1c2c(c(C(N)=O)n(CC(F)(F)F)c1=O)CCN(C)C2=O. The van der Waals surface area contributed by atoms with Crippen molar-refractivity contribution in [3.63, 3.8) is 0 Å². The largest absolute Gasteiger partial charge is 0.406 e. The molecule has 120 valence electrons. The number of pyridine rings is 1. The number of rotatable bonds is 2. The first-order chi connectivity index (χ1) is 10.0. The highest BCUT2D eigenvalue weighted by Gasteiger charge is 2.35. The van der Waals surface area contributed by atoms with Gasteiger partial charge in [-0.2, -0.15) is 13.2 Å². The lowest BCUT2D eigenvalue weighted by molar-refractivity contribution is -0.141. The molecule has 1 aromatic rings. The van der Waals surface area contributed by atoms with E-state index in [-0.39, 0.29) is 29.7 Å². The summed E-state index contributed by atoms with van der Waals surface area (Å²) in [6.07, 6.45) is -4.53. The molecule has 0 bridgehead atoms. The van der Waals surface area contributed by atoms with Crippen LogP contribution in [0.1, 0.15) is 32.0 Å².